The lowest BCUT2D eigenvalue weighted by atomic mass is 10.1. The summed E-state index contributed by atoms with van der Waals surface area (Å²) >= 11 is 0. The molecule has 9 heteroatoms. The Morgan fingerprint density at radius 2 is 1.68 bits per heavy atom. The summed E-state index contributed by atoms with van der Waals surface area (Å²) in [5.41, 5.74) is 3.45. The first-order chi connectivity index (χ1) is 11.9. The third-order valence-corrected chi connectivity index (χ3v) is 3.16. The second-order valence-corrected chi connectivity index (χ2v) is 4.85. The van der Waals surface area contributed by atoms with Gasteiger partial charge in [0.25, 0.3) is 11.6 Å². The van der Waals surface area contributed by atoms with E-state index in [9.17, 15) is 23.7 Å². The van der Waals surface area contributed by atoms with Crippen LogP contribution in [0.5, 0.6) is 5.75 Å². The molecule has 25 heavy (non-hydrogen) atoms. The van der Waals surface area contributed by atoms with Crippen LogP contribution in [-0.2, 0) is 0 Å². The van der Waals surface area contributed by atoms with Crippen molar-refractivity contribution in [3.05, 3.63) is 69.8 Å². The lowest BCUT2D eigenvalue weighted by Crippen LogP contribution is -2.19. The fourth-order valence-electron chi connectivity index (χ4n) is 1.88. The maximum absolute atomic E-state index is 12.1. The van der Waals surface area contributed by atoms with E-state index >= 15 is 0 Å². The molecular formula is C16H13F2N3O4. The van der Waals surface area contributed by atoms with Gasteiger partial charge in [-0.05, 0) is 48.9 Å². The molecule has 0 atom stereocenters. The number of halogens is 2. The number of nitro benzene ring substituents is 1. The Morgan fingerprint density at radius 1 is 1.12 bits per heavy atom. The predicted molar refractivity (Wildman–Crippen MR) is 85.8 cm³/mol. The molecule has 0 spiro atoms. The van der Waals surface area contributed by atoms with E-state index in [4.69, 9.17) is 0 Å². The highest BCUT2D eigenvalue weighted by atomic mass is 19.3. The number of nitrogens with zero attached hydrogens (tertiary/aromatic N) is 2. The van der Waals surface area contributed by atoms with Crippen LogP contribution in [0.2, 0.25) is 0 Å². The molecular weight excluding hydrogens is 336 g/mol. The molecule has 0 aliphatic rings. The lowest BCUT2D eigenvalue weighted by Gasteiger charge is -2.06. The van der Waals surface area contributed by atoms with Gasteiger partial charge in [-0.1, -0.05) is 0 Å². The highest BCUT2D eigenvalue weighted by Gasteiger charge is 2.09. The third-order valence-electron chi connectivity index (χ3n) is 3.16. The molecule has 2 rings (SSSR count). The van der Waals surface area contributed by atoms with E-state index in [0.717, 1.165) is 0 Å². The van der Waals surface area contributed by atoms with Crippen molar-refractivity contribution in [2.45, 2.75) is 13.5 Å². The number of hydrogen-bond donors (Lipinski definition) is 1. The van der Waals surface area contributed by atoms with Crippen molar-refractivity contribution in [1.82, 2.24) is 5.43 Å². The molecule has 0 saturated heterocycles. The molecule has 0 bridgehead atoms. The van der Waals surface area contributed by atoms with Gasteiger partial charge >= 0.3 is 6.61 Å². The average molecular weight is 349 g/mol. The van der Waals surface area contributed by atoms with Crippen LogP contribution in [-0.4, -0.2) is 23.2 Å². The van der Waals surface area contributed by atoms with E-state index in [-0.39, 0.29) is 17.0 Å². The van der Waals surface area contributed by atoms with Gasteiger partial charge in [0.15, 0.2) is 0 Å². The molecule has 2 aromatic carbocycles. The zero-order valence-electron chi connectivity index (χ0n) is 13.0. The van der Waals surface area contributed by atoms with Crippen molar-refractivity contribution in [3.8, 4) is 5.75 Å². The number of rotatable bonds is 6. The van der Waals surface area contributed by atoms with Gasteiger partial charge in [-0.2, -0.15) is 13.9 Å². The van der Waals surface area contributed by atoms with E-state index in [1.54, 1.807) is 6.92 Å². The lowest BCUT2D eigenvalue weighted by molar-refractivity contribution is -0.384. The minimum absolute atomic E-state index is 0.0152. The number of non-ortho nitro benzene ring substituents is 1. The second kappa shape index (κ2) is 7.95. The minimum Gasteiger partial charge on any atom is -0.435 e. The predicted octanol–water partition coefficient (Wildman–Crippen LogP) is 3.35. The summed E-state index contributed by atoms with van der Waals surface area (Å²) in [6.07, 6.45) is 0. The average Bonchev–Trinajstić information content (AvgIpc) is 2.59. The molecule has 130 valence electrons. The summed E-state index contributed by atoms with van der Waals surface area (Å²) in [5.74, 6) is -0.520. The van der Waals surface area contributed by atoms with Crippen molar-refractivity contribution in [2.75, 3.05) is 0 Å². The monoisotopic (exact) mass is 349 g/mol. The molecule has 0 unspecified atom stereocenters. The van der Waals surface area contributed by atoms with Gasteiger partial charge in [0.05, 0.1) is 10.6 Å². The van der Waals surface area contributed by atoms with Crippen molar-refractivity contribution >= 4 is 17.3 Å². The highest BCUT2D eigenvalue weighted by molar-refractivity contribution is 6.00. The van der Waals surface area contributed by atoms with Crippen LogP contribution in [0, 0.1) is 10.1 Å². The van der Waals surface area contributed by atoms with Crippen molar-refractivity contribution in [2.24, 2.45) is 5.10 Å². The first-order valence-corrected chi connectivity index (χ1v) is 7.01. The summed E-state index contributed by atoms with van der Waals surface area (Å²) in [7, 11) is 0. The number of alkyl halides is 2. The number of benzene rings is 2. The van der Waals surface area contributed by atoms with Gasteiger partial charge in [-0.25, -0.2) is 5.43 Å². The maximum Gasteiger partial charge on any atom is 0.387 e. The van der Waals surface area contributed by atoms with Gasteiger partial charge < -0.3 is 4.74 Å². The van der Waals surface area contributed by atoms with Crippen LogP contribution >= 0.6 is 0 Å². The number of hydrazone groups is 1. The summed E-state index contributed by atoms with van der Waals surface area (Å²) in [4.78, 5) is 22.0. The molecule has 1 amide bonds. The van der Waals surface area contributed by atoms with Gasteiger partial charge in [0.1, 0.15) is 5.75 Å². The van der Waals surface area contributed by atoms with E-state index in [0.29, 0.717) is 11.3 Å². The highest BCUT2D eigenvalue weighted by Crippen LogP contribution is 2.15. The SMILES string of the molecule is C/C(=N/NC(=O)c1ccc([N+](=O)[O-])cc1)c1ccc(OC(F)F)cc1. The summed E-state index contributed by atoms with van der Waals surface area (Å²) in [6.45, 7) is -1.28. The largest absolute Gasteiger partial charge is 0.435 e. The minimum atomic E-state index is -2.90. The van der Waals surface area contributed by atoms with Gasteiger partial charge in [-0.15, -0.1) is 0 Å². The van der Waals surface area contributed by atoms with Crippen LogP contribution in [0.25, 0.3) is 0 Å². The fraction of sp³-hybridized carbons (Fsp3) is 0.125. The zero-order chi connectivity index (χ0) is 18.4. The molecule has 0 heterocycles. The van der Waals surface area contributed by atoms with Gasteiger partial charge in [-0.3, -0.25) is 14.9 Å². The zero-order valence-corrected chi connectivity index (χ0v) is 13.0. The Hall–Kier alpha value is -3.36. The molecule has 0 saturated carbocycles. The molecule has 0 fully saturated rings. The normalized spacial score (nSPS) is 11.3. The van der Waals surface area contributed by atoms with Crippen molar-refractivity contribution in [3.63, 3.8) is 0 Å². The number of carbonyl (C=O) groups excluding carboxylic acids is 1. The van der Waals surface area contributed by atoms with E-state index in [2.05, 4.69) is 15.3 Å². The molecule has 0 aromatic heterocycles. The number of nitrogens with one attached hydrogen (secondary N) is 1. The Bertz CT molecular complexity index is 790. The first kappa shape index (κ1) is 18.0. The third kappa shape index (κ3) is 5.06. The van der Waals surface area contributed by atoms with Crippen LogP contribution < -0.4 is 10.2 Å². The standard InChI is InChI=1S/C16H13F2N3O4/c1-10(11-4-8-14(9-5-11)25-16(17)18)19-20-15(22)12-2-6-13(7-3-12)21(23)24/h2-9,16H,1H3,(H,20,22)/b19-10-. The van der Waals surface area contributed by atoms with E-state index in [1.165, 1.54) is 48.5 Å². The second-order valence-electron chi connectivity index (χ2n) is 4.85. The topological polar surface area (TPSA) is 93.8 Å². The van der Waals surface area contributed by atoms with E-state index < -0.39 is 17.4 Å². The smallest absolute Gasteiger partial charge is 0.387 e. The Labute approximate surface area is 141 Å². The van der Waals surface area contributed by atoms with Crippen molar-refractivity contribution < 1.29 is 23.2 Å². The van der Waals surface area contributed by atoms with Crippen LogP contribution in [0.1, 0.15) is 22.8 Å². The van der Waals surface area contributed by atoms with Crippen LogP contribution in [0.4, 0.5) is 14.5 Å². The number of amides is 1. The molecule has 0 aliphatic heterocycles. The number of ether oxygens (including phenoxy) is 1. The van der Waals surface area contributed by atoms with Crippen LogP contribution in [0.3, 0.4) is 0 Å². The van der Waals surface area contributed by atoms with Gasteiger partial charge in [0.2, 0.25) is 0 Å². The number of hydrogen-bond acceptors (Lipinski definition) is 5. The van der Waals surface area contributed by atoms with E-state index in [1.807, 2.05) is 0 Å². The molecule has 0 aliphatic carbocycles. The summed E-state index contributed by atoms with van der Waals surface area (Å²) in [5, 5.41) is 14.5. The first-order valence-electron chi connectivity index (χ1n) is 7.01. The maximum atomic E-state index is 12.1. The van der Waals surface area contributed by atoms with Crippen LogP contribution in [0.15, 0.2) is 53.6 Å². The Morgan fingerprint density at radius 3 is 2.20 bits per heavy atom. The summed E-state index contributed by atoms with van der Waals surface area (Å²) in [6, 6.07) is 10.8. The molecule has 0 radical (unpaired) electrons. The Balaban J connectivity index is 2.02. The van der Waals surface area contributed by atoms with Crippen molar-refractivity contribution in [1.29, 1.82) is 0 Å². The fourth-order valence-corrected chi connectivity index (χ4v) is 1.88. The molecule has 2 aromatic rings. The number of carbonyl (C=O) groups is 1. The van der Waals surface area contributed by atoms with Gasteiger partial charge in [0, 0.05) is 17.7 Å². The molecule has 1 N–H and O–H groups in total. The Kier molecular flexibility index (Phi) is 5.72. The summed E-state index contributed by atoms with van der Waals surface area (Å²) < 4.78 is 28.4. The quantitative estimate of drug-likeness (QED) is 0.492. The number of nitro groups is 1. The molecule has 7 nitrogen and oxygen atoms in total.